The zero-order valence-electron chi connectivity index (χ0n) is 20.6. The summed E-state index contributed by atoms with van der Waals surface area (Å²) in [5.74, 6) is -3.69. The Kier molecular flexibility index (Phi) is 6.30. The molecule has 5 rings (SSSR count). The van der Waals surface area contributed by atoms with E-state index in [0.717, 1.165) is 17.0 Å². The second-order valence-electron chi connectivity index (χ2n) is 9.98. The van der Waals surface area contributed by atoms with Crippen LogP contribution in [0.15, 0.2) is 38.3 Å². The maximum absolute atomic E-state index is 15.5. The van der Waals surface area contributed by atoms with E-state index in [0.29, 0.717) is 31.2 Å². The number of aryl methyl sites for hydroxylation is 1. The molecule has 0 bridgehead atoms. The Labute approximate surface area is 214 Å². The molecule has 200 valence electrons. The van der Waals surface area contributed by atoms with Crippen molar-refractivity contribution >= 4 is 28.9 Å². The Bertz CT molecular complexity index is 1500. The first-order valence-electron chi connectivity index (χ1n) is 12.0. The molecule has 2 aromatic carbocycles. The van der Waals surface area contributed by atoms with Crippen LogP contribution in [0.3, 0.4) is 0 Å². The van der Waals surface area contributed by atoms with E-state index in [1.54, 1.807) is 19.1 Å². The normalized spacial score (nSPS) is 19.3. The molecule has 2 saturated heterocycles. The van der Waals surface area contributed by atoms with Gasteiger partial charge in [-0.3, -0.25) is 14.4 Å². The number of hydrogen-bond donors (Lipinski definition) is 3. The van der Waals surface area contributed by atoms with Gasteiger partial charge in [-0.2, -0.15) is 0 Å². The number of carbonyl (C=O) groups is 2. The Morgan fingerprint density at radius 3 is 2.45 bits per heavy atom. The number of carbonyl (C=O) groups excluding carboxylic acids is 1. The smallest absolute Gasteiger partial charge is 0.326 e. The lowest BCUT2D eigenvalue weighted by Gasteiger charge is -2.44. The number of likely N-dealkylation sites (tertiary alicyclic amines) is 1. The predicted octanol–water partition coefficient (Wildman–Crippen LogP) is 3.08. The summed E-state index contributed by atoms with van der Waals surface area (Å²) in [4.78, 5) is 50.3. The molecule has 2 aliphatic heterocycles. The highest BCUT2D eigenvalue weighted by molar-refractivity contribution is 5.98. The summed E-state index contributed by atoms with van der Waals surface area (Å²) in [6.07, 6.45) is 0.545. The van der Waals surface area contributed by atoms with Crippen molar-refractivity contribution in [2.24, 2.45) is 5.41 Å². The van der Waals surface area contributed by atoms with E-state index in [1.165, 1.54) is 0 Å². The third-order valence-corrected chi connectivity index (χ3v) is 7.17. The molecule has 0 radical (unpaired) electrons. The molecular weight excluding hydrogens is 504 g/mol. The first-order valence-corrected chi connectivity index (χ1v) is 12.0. The molecule has 2 atom stereocenters. The van der Waals surface area contributed by atoms with E-state index in [2.05, 4.69) is 10.6 Å². The minimum absolute atomic E-state index is 0.0364. The number of furan rings is 1. The van der Waals surface area contributed by atoms with Crippen LogP contribution in [0.4, 0.5) is 25.8 Å². The van der Waals surface area contributed by atoms with Crippen molar-refractivity contribution in [3.8, 4) is 0 Å². The van der Waals surface area contributed by atoms with Crippen LogP contribution in [0.5, 0.6) is 0 Å². The summed E-state index contributed by atoms with van der Waals surface area (Å²) >= 11 is 0. The molecule has 0 saturated carbocycles. The average Bonchev–Trinajstić information content (AvgIpc) is 3.52. The molecule has 2 aliphatic rings. The van der Waals surface area contributed by atoms with Crippen LogP contribution in [0.25, 0.3) is 0 Å². The maximum Gasteiger partial charge on any atom is 0.326 e. The highest BCUT2D eigenvalue weighted by atomic mass is 19.1. The molecule has 3 N–H and O–H groups in total. The molecule has 2 fully saturated rings. The van der Waals surface area contributed by atoms with E-state index >= 15 is 4.39 Å². The van der Waals surface area contributed by atoms with Crippen LogP contribution >= 0.6 is 0 Å². The zero-order chi connectivity index (χ0) is 27.4. The molecule has 10 nitrogen and oxygen atoms in total. The van der Waals surface area contributed by atoms with E-state index in [-0.39, 0.29) is 24.3 Å². The summed E-state index contributed by atoms with van der Waals surface area (Å²) in [6, 6.07) is 3.60. The standard InChI is InChI=1S/C26H25F2N3O7/c1-12-5-8-16(38-12)23(26(2)10-37-11-26)30-20-19(21(32)22(20)33)29-14-7-6-13(27)17(18(14)28)24(34)31-9-3-4-15(31)25(35)36/h5-8,15,23,29-30H,3-4,9-11H2,1-2H3,(H,35,36). The Hall–Kier alpha value is -4.06. The number of nitrogens with one attached hydrogen (secondary N) is 2. The summed E-state index contributed by atoms with van der Waals surface area (Å²) in [5, 5.41) is 14.9. The van der Waals surface area contributed by atoms with Crippen molar-refractivity contribution in [1.29, 1.82) is 0 Å². The predicted molar refractivity (Wildman–Crippen MR) is 131 cm³/mol. The number of rotatable bonds is 8. The van der Waals surface area contributed by atoms with Gasteiger partial charge >= 0.3 is 5.97 Å². The highest BCUT2D eigenvalue weighted by Crippen LogP contribution is 2.43. The van der Waals surface area contributed by atoms with E-state index < -0.39 is 63.1 Å². The van der Waals surface area contributed by atoms with Crippen molar-refractivity contribution in [3.63, 3.8) is 0 Å². The van der Waals surface area contributed by atoms with Gasteiger partial charge in [0.15, 0.2) is 5.82 Å². The molecule has 38 heavy (non-hydrogen) atoms. The zero-order valence-corrected chi connectivity index (χ0v) is 20.6. The number of carboxylic acid groups (broad SMARTS) is 1. The van der Waals surface area contributed by atoms with Crippen LogP contribution in [-0.2, 0) is 9.53 Å². The van der Waals surface area contributed by atoms with Gasteiger partial charge in [0.25, 0.3) is 16.8 Å². The minimum atomic E-state index is -1.30. The number of nitrogens with zero attached hydrogens (tertiary/aromatic N) is 1. The lowest BCUT2D eigenvalue weighted by atomic mass is 9.79. The maximum atomic E-state index is 15.5. The molecule has 3 heterocycles. The largest absolute Gasteiger partial charge is 0.480 e. The van der Waals surface area contributed by atoms with Gasteiger partial charge in [0.05, 0.1) is 24.9 Å². The second kappa shape index (κ2) is 9.35. The second-order valence-corrected chi connectivity index (χ2v) is 9.98. The highest BCUT2D eigenvalue weighted by Gasteiger charge is 2.45. The number of benzene rings is 1. The molecule has 12 heteroatoms. The SMILES string of the molecule is Cc1ccc(C(Nc2c(Nc3ccc(F)c(C(=O)N4CCCC4C(=O)O)c3F)c(=O)c2=O)C2(C)COC2)o1. The fraction of sp³-hybridized carbons (Fsp3) is 0.385. The van der Waals surface area contributed by atoms with Gasteiger partial charge in [0.2, 0.25) is 0 Å². The van der Waals surface area contributed by atoms with Gasteiger partial charge in [0, 0.05) is 12.0 Å². The number of hydrogen-bond acceptors (Lipinski definition) is 8. The van der Waals surface area contributed by atoms with Crippen LogP contribution in [-0.4, -0.2) is 47.7 Å². The third kappa shape index (κ3) is 4.14. The van der Waals surface area contributed by atoms with Crippen LogP contribution in [0.2, 0.25) is 0 Å². The van der Waals surface area contributed by atoms with E-state index in [1.807, 2.05) is 6.92 Å². The lowest BCUT2D eigenvalue weighted by Crippen LogP contribution is -2.49. The summed E-state index contributed by atoms with van der Waals surface area (Å²) in [7, 11) is 0. The van der Waals surface area contributed by atoms with Crippen molar-refractivity contribution in [2.75, 3.05) is 30.4 Å². The molecular formula is C26H25F2N3O7. The van der Waals surface area contributed by atoms with Crippen molar-refractivity contribution in [3.05, 3.63) is 73.4 Å². The van der Waals surface area contributed by atoms with Crippen LogP contribution in [0.1, 0.15) is 47.7 Å². The van der Waals surface area contributed by atoms with Gasteiger partial charge in [-0.15, -0.1) is 0 Å². The number of aliphatic carboxylic acids is 1. The van der Waals surface area contributed by atoms with Gasteiger partial charge in [-0.1, -0.05) is 6.92 Å². The molecule has 0 spiro atoms. The number of ether oxygens (including phenoxy) is 1. The molecule has 1 aromatic heterocycles. The average molecular weight is 529 g/mol. The summed E-state index contributed by atoms with van der Waals surface area (Å²) in [6.45, 7) is 4.46. The van der Waals surface area contributed by atoms with Crippen molar-refractivity contribution < 1.29 is 32.6 Å². The molecule has 1 amide bonds. The quantitative estimate of drug-likeness (QED) is 0.376. The Balaban J connectivity index is 1.46. The van der Waals surface area contributed by atoms with Crippen molar-refractivity contribution in [1.82, 2.24) is 4.90 Å². The number of anilines is 3. The number of halogens is 2. The third-order valence-electron chi connectivity index (χ3n) is 7.17. The minimum Gasteiger partial charge on any atom is -0.480 e. The Morgan fingerprint density at radius 2 is 1.84 bits per heavy atom. The summed E-state index contributed by atoms with van der Waals surface area (Å²) < 4.78 is 41.2. The van der Waals surface area contributed by atoms with E-state index in [9.17, 15) is 28.7 Å². The lowest BCUT2D eigenvalue weighted by molar-refractivity contribution is -0.141. The molecule has 2 unspecified atom stereocenters. The van der Waals surface area contributed by atoms with Gasteiger partial charge in [0.1, 0.15) is 40.3 Å². The van der Waals surface area contributed by atoms with Crippen molar-refractivity contribution in [2.45, 2.75) is 38.8 Å². The first kappa shape index (κ1) is 25.6. The molecule has 0 aliphatic carbocycles. The molecule has 3 aromatic rings. The fourth-order valence-electron chi connectivity index (χ4n) is 4.97. The number of amides is 1. The monoisotopic (exact) mass is 529 g/mol. The van der Waals surface area contributed by atoms with Crippen LogP contribution in [0, 0.1) is 24.0 Å². The van der Waals surface area contributed by atoms with Crippen LogP contribution < -0.4 is 21.5 Å². The van der Waals surface area contributed by atoms with Gasteiger partial charge in [-0.05, 0) is 44.0 Å². The first-order chi connectivity index (χ1) is 18.0. The Morgan fingerprint density at radius 1 is 1.13 bits per heavy atom. The van der Waals surface area contributed by atoms with Gasteiger partial charge in [-0.25, -0.2) is 13.6 Å². The van der Waals surface area contributed by atoms with Gasteiger partial charge < -0.3 is 29.8 Å². The summed E-state index contributed by atoms with van der Waals surface area (Å²) in [5.41, 5.74) is -3.93. The number of carboxylic acids is 1. The topological polar surface area (TPSA) is 138 Å². The van der Waals surface area contributed by atoms with E-state index in [4.69, 9.17) is 9.15 Å². The fourth-order valence-corrected chi connectivity index (χ4v) is 4.97.